The average molecular weight is 456 g/mol. The van der Waals surface area contributed by atoms with Crippen molar-refractivity contribution < 1.29 is 19.1 Å². The first-order chi connectivity index (χ1) is 16.1. The van der Waals surface area contributed by atoms with Gasteiger partial charge in [-0.15, -0.1) is 0 Å². The maximum atomic E-state index is 12.2. The summed E-state index contributed by atoms with van der Waals surface area (Å²) in [5, 5.41) is 2.21. The van der Waals surface area contributed by atoms with Crippen LogP contribution in [0.25, 0.3) is 5.57 Å². The molecule has 0 saturated heterocycles. The third kappa shape index (κ3) is 10.4. The topological polar surface area (TPSA) is 72.5 Å². The summed E-state index contributed by atoms with van der Waals surface area (Å²) in [5.41, 5.74) is 0.695. The van der Waals surface area contributed by atoms with Gasteiger partial charge in [0, 0.05) is 6.42 Å². The number of carbonyl (C=O) groups excluding carboxylic acids is 3. The van der Waals surface area contributed by atoms with Crippen LogP contribution in [0.15, 0.2) is 36.1 Å². The van der Waals surface area contributed by atoms with Crippen LogP contribution in [0.1, 0.15) is 115 Å². The van der Waals surface area contributed by atoms with Crippen molar-refractivity contribution in [3.63, 3.8) is 0 Å². The lowest BCUT2D eigenvalue weighted by atomic mass is 10.0. The number of unbranched alkanes of at least 4 members (excludes halogenated alkanes) is 14. The Bertz CT molecular complexity index is 769. The molecule has 1 aromatic rings. The number of benzene rings is 1. The van der Waals surface area contributed by atoms with Gasteiger partial charge >= 0.3 is 5.97 Å². The summed E-state index contributed by atoms with van der Waals surface area (Å²) in [6.07, 6.45) is 19.2. The fraction of sp³-hybridized carbons (Fsp3) is 0.607. The molecule has 0 saturated carbocycles. The standard InChI is InChI=1S/C28H41NO4/c1-2-3-4-5-6-7-8-9-10-11-12-13-14-15-19-22-24(30)33-26-25(27(31)29-28(26)32)23-20-17-16-18-21-23/h16-18,20-21H,2-15,19,22H2,1H3,(H,29,31,32). The van der Waals surface area contributed by atoms with Gasteiger partial charge in [0.2, 0.25) is 5.76 Å². The van der Waals surface area contributed by atoms with Crippen LogP contribution < -0.4 is 5.32 Å². The smallest absolute Gasteiger partial charge is 0.311 e. The largest absolute Gasteiger partial charge is 0.420 e. The van der Waals surface area contributed by atoms with E-state index in [1.807, 2.05) is 6.07 Å². The average Bonchev–Trinajstić information content (AvgIpc) is 3.09. The van der Waals surface area contributed by atoms with Crippen LogP contribution in [0, 0.1) is 0 Å². The molecule has 2 amide bonds. The lowest BCUT2D eigenvalue weighted by molar-refractivity contribution is -0.142. The highest BCUT2D eigenvalue weighted by atomic mass is 16.5. The van der Waals surface area contributed by atoms with E-state index < -0.39 is 17.8 Å². The summed E-state index contributed by atoms with van der Waals surface area (Å²) in [5.74, 6) is -1.82. The second kappa shape index (κ2) is 16.2. The van der Waals surface area contributed by atoms with Gasteiger partial charge in [-0.05, 0) is 12.0 Å². The van der Waals surface area contributed by atoms with Crippen LogP contribution >= 0.6 is 0 Å². The van der Waals surface area contributed by atoms with Crippen LogP contribution in [0.2, 0.25) is 0 Å². The van der Waals surface area contributed by atoms with Crippen molar-refractivity contribution in [2.75, 3.05) is 0 Å². The molecule has 1 aromatic carbocycles. The Morgan fingerprint density at radius 1 is 0.697 bits per heavy atom. The number of rotatable bonds is 18. The molecule has 182 valence electrons. The Morgan fingerprint density at radius 2 is 1.18 bits per heavy atom. The van der Waals surface area contributed by atoms with E-state index in [0.717, 1.165) is 19.3 Å². The number of amides is 2. The first-order valence-electron chi connectivity index (χ1n) is 13.0. The minimum absolute atomic E-state index is 0.130. The van der Waals surface area contributed by atoms with Crippen LogP contribution in [-0.4, -0.2) is 17.8 Å². The zero-order valence-corrected chi connectivity index (χ0v) is 20.3. The van der Waals surface area contributed by atoms with Crippen LogP contribution in [0.5, 0.6) is 0 Å². The Hall–Kier alpha value is -2.43. The molecule has 0 unspecified atom stereocenters. The number of hydrogen-bond acceptors (Lipinski definition) is 4. The quantitative estimate of drug-likeness (QED) is 0.149. The molecule has 0 fully saturated rings. The van der Waals surface area contributed by atoms with Crippen LogP contribution in [0.3, 0.4) is 0 Å². The first kappa shape index (κ1) is 26.8. The third-order valence-corrected chi connectivity index (χ3v) is 6.15. The van der Waals surface area contributed by atoms with Gasteiger partial charge in [-0.3, -0.25) is 19.7 Å². The Balaban J connectivity index is 1.52. The summed E-state index contributed by atoms with van der Waals surface area (Å²) >= 11 is 0. The molecule has 0 aromatic heterocycles. The van der Waals surface area contributed by atoms with Gasteiger partial charge in [0.1, 0.15) is 0 Å². The molecule has 1 aliphatic rings. The minimum Gasteiger partial charge on any atom is -0.420 e. The Morgan fingerprint density at radius 3 is 1.70 bits per heavy atom. The SMILES string of the molecule is CCCCCCCCCCCCCCCCCC(=O)OC1=C(c2ccccc2)C(=O)NC1=O. The molecule has 1 heterocycles. The summed E-state index contributed by atoms with van der Waals surface area (Å²) in [6, 6.07) is 8.80. The highest BCUT2D eigenvalue weighted by Crippen LogP contribution is 2.25. The van der Waals surface area contributed by atoms with Gasteiger partial charge in [-0.1, -0.05) is 127 Å². The van der Waals surface area contributed by atoms with E-state index in [9.17, 15) is 14.4 Å². The summed E-state index contributed by atoms with van der Waals surface area (Å²) in [7, 11) is 0. The predicted molar refractivity (Wildman–Crippen MR) is 132 cm³/mol. The number of nitrogens with one attached hydrogen (secondary N) is 1. The fourth-order valence-electron chi connectivity index (χ4n) is 4.21. The minimum atomic E-state index is -0.649. The highest BCUT2D eigenvalue weighted by Gasteiger charge is 2.34. The second-order valence-corrected chi connectivity index (χ2v) is 9.03. The zero-order valence-electron chi connectivity index (χ0n) is 20.3. The van der Waals surface area contributed by atoms with Crippen LogP contribution in [0.4, 0.5) is 0 Å². The van der Waals surface area contributed by atoms with Gasteiger partial charge in [0.15, 0.2) is 0 Å². The van der Waals surface area contributed by atoms with Gasteiger partial charge in [-0.25, -0.2) is 0 Å². The first-order valence-corrected chi connectivity index (χ1v) is 13.0. The van der Waals surface area contributed by atoms with E-state index in [4.69, 9.17) is 4.74 Å². The van der Waals surface area contributed by atoms with Crippen molar-refractivity contribution in [3.05, 3.63) is 41.7 Å². The van der Waals surface area contributed by atoms with Crippen molar-refractivity contribution >= 4 is 23.4 Å². The van der Waals surface area contributed by atoms with Crippen molar-refractivity contribution in [3.8, 4) is 0 Å². The Kier molecular flexibility index (Phi) is 13.2. The number of esters is 1. The zero-order chi connectivity index (χ0) is 23.7. The molecule has 2 rings (SSSR count). The third-order valence-electron chi connectivity index (χ3n) is 6.15. The number of hydrogen-bond donors (Lipinski definition) is 1. The lowest BCUT2D eigenvalue weighted by Gasteiger charge is -2.06. The summed E-state index contributed by atoms with van der Waals surface area (Å²) in [6.45, 7) is 2.26. The second-order valence-electron chi connectivity index (χ2n) is 9.03. The van der Waals surface area contributed by atoms with Crippen molar-refractivity contribution in [2.24, 2.45) is 0 Å². The van der Waals surface area contributed by atoms with Gasteiger partial charge in [-0.2, -0.15) is 0 Å². The fourth-order valence-corrected chi connectivity index (χ4v) is 4.21. The predicted octanol–water partition coefficient (Wildman–Crippen LogP) is 6.86. The maximum Gasteiger partial charge on any atom is 0.311 e. The molecule has 0 bridgehead atoms. The maximum absolute atomic E-state index is 12.2. The summed E-state index contributed by atoms with van der Waals surface area (Å²) < 4.78 is 5.29. The number of imide groups is 1. The molecule has 0 spiro atoms. The van der Waals surface area contributed by atoms with E-state index in [0.29, 0.717) is 5.56 Å². The van der Waals surface area contributed by atoms with Crippen molar-refractivity contribution in [2.45, 2.75) is 110 Å². The monoisotopic (exact) mass is 455 g/mol. The molecule has 1 aliphatic heterocycles. The Labute approximate surface area is 199 Å². The molecule has 33 heavy (non-hydrogen) atoms. The molecule has 0 radical (unpaired) electrons. The van der Waals surface area contributed by atoms with Crippen molar-refractivity contribution in [1.29, 1.82) is 0 Å². The molecule has 5 nitrogen and oxygen atoms in total. The molecule has 0 atom stereocenters. The van der Waals surface area contributed by atoms with E-state index in [-0.39, 0.29) is 17.8 Å². The van der Waals surface area contributed by atoms with E-state index >= 15 is 0 Å². The van der Waals surface area contributed by atoms with E-state index in [2.05, 4.69) is 12.2 Å². The molecule has 1 N–H and O–H groups in total. The normalized spacial score (nSPS) is 13.5. The van der Waals surface area contributed by atoms with E-state index in [1.165, 1.54) is 77.0 Å². The molecular formula is C28H41NO4. The molecule has 5 heteroatoms. The molecule has 0 aliphatic carbocycles. The highest BCUT2D eigenvalue weighted by molar-refractivity contribution is 6.35. The summed E-state index contributed by atoms with van der Waals surface area (Å²) in [4.78, 5) is 36.4. The van der Waals surface area contributed by atoms with Gasteiger partial charge in [0.25, 0.3) is 11.8 Å². The lowest BCUT2D eigenvalue weighted by Crippen LogP contribution is -2.24. The van der Waals surface area contributed by atoms with Crippen molar-refractivity contribution in [1.82, 2.24) is 5.32 Å². The van der Waals surface area contributed by atoms with E-state index in [1.54, 1.807) is 24.3 Å². The van der Waals surface area contributed by atoms with Crippen LogP contribution in [-0.2, 0) is 19.1 Å². The number of carbonyl (C=O) groups is 3. The van der Waals surface area contributed by atoms with Gasteiger partial charge in [0.05, 0.1) is 5.57 Å². The molecular weight excluding hydrogens is 414 g/mol. The number of ether oxygens (including phenoxy) is 1. The van der Waals surface area contributed by atoms with Gasteiger partial charge < -0.3 is 4.74 Å².